The van der Waals surface area contributed by atoms with Crippen molar-refractivity contribution < 1.29 is 9.90 Å². The molecule has 0 atom stereocenters. The number of aliphatic hydroxyl groups is 1. The van der Waals surface area contributed by atoms with Crippen LogP contribution in [0.3, 0.4) is 0 Å². The van der Waals surface area contributed by atoms with Gasteiger partial charge < -0.3 is 10.4 Å². The Kier molecular flexibility index (Phi) is 7.44. The summed E-state index contributed by atoms with van der Waals surface area (Å²) in [6, 6.07) is 0. The fourth-order valence-electron chi connectivity index (χ4n) is 2.78. The van der Waals surface area contributed by atoms with E-state index in [1.54, 1.807) is 0 Å². The van der Waals surface area contributed by atoms with Gasteiger partial charge in [-0.2, -0.15) is 0 Å². The number of amides is 1. The highest BCUT2D eigenvalue weighted by molar-refractivity contribution is 5.76. The Labute approximate surface area is 118 Å². The number of aliphatic hydroxyl groups excluding tert-OH is 1. The molecule has 3 nitrogen and oxygen atoms in total. The summed E-state index contributed by atoms with van der Waals surface area (Å²) in [4.78, 5) is 11.9. The van der Waals surface area contributed by atoms with Crippen LogP contribution in [0.2, 0.25) is 0 Å². The van der Waals surface area contributed by atoms with Gasteiger partial charge >= 0.3 is 0 Å². The van der Waals surface area contributed by atoms with Crippen LogP contribution in [0.25, 0.3) is 0 Å². The van der Waals surface area contributed by atoms with Crippen molar-refractivity contribution in [1.29, 1.82) is 0 Å². The van der Waals surface area contributed by atoms with Crippen molar-refractivity contribution in [1.82, 2.24) is 5.32 Å². The smallest absolute Gasteiger partial charge is 0.220 e. The summed E-state index contributed by atoms with van der Waals surface area (Å²) in [5, 5.41) is 12.2. The van der Waals surface area contributed by atoms with Gasteiger partial charge in [0, 0.05) is 19.6 Å². The van der Waals surface area contributed by atoms with Gasteiger partial charge in [0.1, 0.15) is 0 Å². The molecule has 0 aromatic rings. The molecule has 0 aromatic carbocycles. The van der Waals surface area contributed by atoms with Gasteiger partial charge in [0.15, 0.2) is 0 Å². The third kappa shape index (κ3) is 7.56. The van der Waals surface area contributed by atoms with Crippen LogP contribution in [0.4, 0.5) is 0 Å². The maximum Gasteiger partial charge on any atom is 0.220 e. The van der Waals surface area contributed by atoms with E-state index in [0.717, 1.165) is 19.4 Å². The molecule has 0 saturated heterocycles. The number of hydrogen-bond acceptors (Lipinski definition) is 2. The molecule has 112 valence electrons. The Morgan fingerprint density at radius 3 is 2.42 bits per heavy atom. The quantitative estimate of drug-likeness (QED) is 0.550. The van der Waals surface area contributed by atoms with E-state index in [0.29, 0.717) is 12.3 Å². The van der Waals surface area contributed by atoms with Crippen molar-refractivity contribution in [3.63, 3.8) is 0 Å². The monoisotopic (exact) mass is 269 g/mol. The molecule has 0 unspecified atom stereocenters. The molecule has 1 aliphatic carbocycles. The van der Waals surface area contributed by atoms with Crippen molar-refractivity contribution >= 4 is 5.91 Å². The second-order valence-electron chi connectivity index (χ2n) is 6.84. The number of hydrogen-bond donors (Lipinski definition) is 2. The zero-order valence-electron chi connectivity index (χ0n) is 12.7. The van der Waals surface area contributed by atoms with Crippen molar-refractivity contribution in [3.05, 3.63) is 0 Å². The minimum absolute atomic E-state index is 0.0218. The normalized spacial score (nSPS) is 18.1. The van der Waals surface area contributed by atoms with Gasteiger partial charge in [0.05, 0.1) is 0 Å². The minimum atomic E-state index is -0.0218. The summed E-state index contributed by atoms with van der Waals surface area (Å²) in [5.41, 5.74) is -0.0218. The van der Waals surface area contributed by atoms with Gasteiger partial charge in [0.25, 0.3) is 0 Å². The summed E-state index contributed by atoms with van der Waals surface area (Å²) in [6.07, 6.45) is 10.3. The number of nitrogens with one attached hydrogen (secondary N) is 1. The second-order valence-corrected chi connectivity index (χ2v) is 6.84. The fraction of sp³-hybridized carbons (Fsp3) is 0.938. The Hall–Kier alpha value is -0.570. The van der Waals surface area contributed by atoms with Crippen molar-refractivity contribution in [2.75, 3.05) is 13.2 Å². The maximum atomic E-state index is 11.9. The van der Waals surface area contributed by atoms with Gasteiger partial charge in [-0.25, -0.2) is 0 Å². The van der Waals surface area contributed by atoms with Gasteiger partial charge in [-0.1, -0.05) is 39.5 Å². The predicted octanol–water partition coefficient (Wildman–Crippen LogP) is 3.26. The van der Waals surface area contributed by atoms with Crippen molar-refractivity contribution in [3.8, 4) is 0 Å². The van der Waals surface area contributed by atoms with E-state index in [2.05, 4.69) is 19.2 Å². The average molecular weight is 269 g/mol. The molecule has 0 radical (unpaired) electrons. The SMILES string of the molecule is CC(C)(CO)CCCNC(=O)CC1CCCCCC1. The predicted molar refractivity (Wildman–Crippen MR) is 78.9 cm³/mol. The standard InChI is InChI=1S/C16H31NO2/c1-16(2,13-18)10-7-11-17-15(19)12-14-8-5-3-4-6-9-14/h14,18H,3-13H2,1-2H3,(H,17,19). The molecule has 0 aliphatic heterocycles. The lowest BCUT2D eigenvalue weighted by atomic mass is 9.89. The first-order valence-electron chi connectivity index (χ1n) is 7.91. The molecular weight excluding hydrogens is 238 g/mol. The molecule has 1 saturated carbocycles. The van der Waals surface area contributed by atoms with Crippen LogP contribution in [0.5, 0.6) is 0 Å². The van der Waals surface area contributed by atoms with Gasteiger partial charge in [-0.3, -0.25) is 4.79 Å². The number of carbonyl (C=O) groups is 1. The van der Waals surface area contributed by atoms with E-state index < -0.39 is 0 Å². The second kappa shape index (κ2) is 8.57. The van der Waals surface area contributed by atoms with Crippen LogP contribution < -0.4 is 5.32 Å². The van der Waals surface area contributed by atoms with Crippen LogP contribution in [0, 0.1) is 11.3 Å². The molecule has 3 heteroatoms. The van der Waals surface area contributed by atoms with E-state index in [9.17, 15) is 4.79 Å². The first-order valence-corrected chi connectivity index (χ1v) is 7.91. The topological polar surface area (TPSA) is 49.3 Å². The fourth-order valence-corrected chi connectivity index (χ4v) is 2.78. The summed E-state index contributed by atoms with van der Waals surface area (Å²) >= 11 is 0. The summed E-state index contributed by atoms with van der Waals surface area (Å²) in [7, 11) is 0. The lowest BCUT2D eigenvalue weighted by molar-refractivity contribution is -0.122. The molecule has 19 heavy (non-hydrogen) atoms. The van der Waals surface area contributed by atoms with Gasteiger partial charge in [-0.15, -0.1) is 0 Å². The largest absolute Gasteiger partial charge is 0.396 e. The molecule has 0 bridgehead atoms. The van der Waals surface area contributed by atoms with Crippen LogP contribution in [0.1, 0.15) is 71.6 Å². The number of carbonyl (C=O) groups excluding carboxylic acids is 1. The minimum Gasteiger partial charge on any atom is -0.396 e. The highest BCUT2D eigenvalue weighted by Crippen LogP contribution is 2.25. The summed E-state index contributed by atoms with van der Waals surface area (Å²) in [6.45, 7) is 5.07. The van der Waals surface area contributed by atoms with Crippen LogP contribution in [0.15, 0.2) is 0 Å². The van der Waals surface area contributed by atoms with Crippen LogP contribution >= 0.6 is 0 Å². The van der Waals surface area contributed by atoms with E-state index in [1.165, 1.54) is 38.5 Å². The van der Waals surface area contributed by atoms with Crippen molar-refractivity contribution in [2.45, 2.75) is 71.6 Å². The van der Waals surface area contributed by atoms with Crippen LogP contribution in [-0.2, 0) is 4.79 Å². The number of rotatable bonds is 7. The molecule has 1 fully saturated rings. The maximum absolute atomic E-state index is 11.9. The Bertz CT molecular complexity index is 255. The lowest BCUT2D eigenvalue weighted by Crippen LogP contribution is -2.28. The first-order chi connectivity index (χ1) is 9.03. The third-order valence-electron chi connectivity index (χ3n) is 4.23. The zero-order chi connectivity index (χ0) is 14.1. The first kappa shape index (κ1) is 16.5. The van der Waals surface area contributed by atoms with Crippen molar-refractivity contribution in [2.24, 2.45) is 11.3 Å². The van der Waals surface area contributed by atoms with E-state index in [-0.39, 0.29) is 17.9 Å². The average Bonchev–Trinajstić information content (AvgIpc) is 2.63. The summed E-state index contributed by atoms with van der Waals surface area (Å²) < 4.78 is 0. The molecule has 1 aliphatic rings. The highest BCUT2D eigenvalue weighted by Gasteiger charge is 2.17. The Balaban J connectivity index is 2.10. The van der Waals surface area contributed by atoms with E-state index >= 15 is 0 Å². The molecule has 0 aromatic heterocycles. The Morgan fingerprint density at radius 1 is 1.21 bits per heavy atom. The summed E-state index contributed by atoms with van der Waals surface area (Å²) in [5.74, 6) is 0.824. The molecule has 0 spiro atoms. The molecule has 2 N–H and O–H groups in total. The van der Waals surface area contributed by atoms with E-state index in [4.69, 9.17) is 5.11 Å². The van der Waals surface area contributed by atoms with Crippen LogP contribution in [-0.4, -0.2) is 24.2 Å². The van der Waals surface area contributed by atoms with Gasteiger partial charge in [-0.05, 0) is 37.0 Å². The molecule has 1 rings (SSSR count). The zero-order valence-corrected chi connectivity index (χ0v) is 12.7. The molecule has 0 heterocycles. The van der Waals surface area contributed by atoms with Gasteiger partial charge in [0.2, 0.25) is 5.91 Å². The molecule has 1 amide bonds. The Morgan fingerprint density at radius 2 is 1.84 bits per heavy atom. The third-order valence-corrected chi connectivity index (χ3v) is 4.23. The highest BCUT2D eigenvalue weighted by atomic mass is 16.3. The molecular formula is C16H31NO2. The van der Waals surface area contributed by atoms with E-state index in [1.807, 2.05) is 0 Å². The lowest BCUT2D eigenvalue weighted by Gasteiger charge is -2.21.